The Kier molecular flexibility index (Phi) is 5.14. The molecule has 0 saturated heterocycles. The van der Waals surface area contributed by atoms with Gasteiger partial charge in [0.25, 0.3) is 5.79 Å². The first-order chi connectivity index (χ1) is 21.5. The van der Waals surface area contributed by atoms with E-state index in [0.717, 1.165) is 0 Å². The molecule has 2 aliphatic heterocycles. The fourth-order valence-corrected chi connectivity index (χ4v) is 12.4. The van der Waals surface area contributed by atoms with Gasteiger partial charge in [-0.05, 0) is 86.7 Å². The van der Waals surface area contributed by atoms with Crippen molar-refractivity contribution in [3.05, 3.63) is 45.1 Å². The van der Waals surface area contributed by atoms with Gasteiger partial charge in [0.1, 0.15) is 18.3 Å². The van der Waals surface area contributed by atoms with Crippen LogP contribution in [0, 0.1) is 46.3 Å². The van der Waals surface area contributed by atoms with Crippen LogP contribution in [0.4, 0.5) is 0 Å². The first-order valence-electron chi connectivity index (χ1n) is 16.5. The Hall–Kier alpha value is -2.83. The number of ether oxygens (including phenoxy) is 3. The highest BCUT2D eigenvalue weighted by Crippen LogP contribution is 2.84. The highest BCUT2D eigenvalue weighted by Gasteiger charge is 2.87. The molecule has 0 aromatic rings. The van der Waals surface area contributed by atoms with Gasteiger partial charge in [0.05, 0.1) is 17.8 Å². The molecule has 13 atom stereocenters. The van der Waals surface area contributed by atoms with Crippen molar-refractivity contribution < 1.29 is 54.1 Å². The summed E-state index contributed by atoms with van der Waals surface area (Å²) in [6, 6.07) is 0. The monoisotopic (exact) mass is 636 g/mol. The van der Waals surface area contributed by atoms with Crippen molar-refractivity contribution in [1.29, 1.82) is 0 Å². The summed E-state index contributed by atoms with van der Waals surface area (Å²) in [7, 11) is 0. The average molecular weight is 637 g/mol. The summed E-state index contributed by atoms with van der Waals surface area (Å²) in [6.45, 7) is 7.84. The highest BCUT2D eigenvalue weighted by atomic mass is 16.7. The van der Waals surface area contributed by atoms with E-state index in [0.29, 0.717) is 35.1 Å². The Morgan fingerprint density at radius 3 is 2.37 bits per heavy atom. The topological polar surface area (TPSA) is 180 Å². The maximum Gasteiger partial charge on any atom is 0.337 e. The number of carbonyl (C=O) groups excluding carboxylic acids is 3. The molecule has 11 nitrogen and oxygen atoms in total. The van der Waals surface area contributed by atoms with Gasteiger partial charge in [-0.1, -0.05) is 19.9 Å². The molecule has 0 amide bonds. The summed E-state index contributed by atoms with van der Waals surface area (Å²) in [5.41, 5.74) is -4.65. The predicted octanol–water partition coefficient (Wildman–Crippen LogP) is 1.13. The Morgan fingerprint density at radius 2 is 1.70 bits per heavy atom. The summed E-state index contributed by atoms with van der Waals surface area (Å²) >= 11 is 0. The number of aliphatic hydroxyl groups excluding tert-OH is 2. The van der Waals surface area contributed by atoms with Crippen LogP contribution in [0.25, 0.3) is 0 Å². The zero-order chi connectivity index (χ0) is 32.9. The van der Waals surface area contributed by atoms with Gasteiger partial charge >= 0.3 is 17.9 Å². The van der Waals surface area contributed by atoms with E-state index < -0.39 is 75.9 Å². The standard InChI is InChI=1S/C35H40O11/c1-6-13(2)26(37)44-12-33(42)20-7-17(20)30(4)21(33)9-16-15(11-36)28(39)45-34(16)22(30)10-32(41)19-8-18(19)31(5)25(32)24(34)23-14(3)27(38)46-35(23,43)29(31)40/h6,17-22,29,36,40-43H,7-12H2,1-5H3/b13-6-/t17-,18-,19+,20+,21-,22+,29-,30+,31+,32+,33+,34+,35+/m1/s1. The average Bonchev–Trinajstić information content (AvgIpc) is 3.91. The Balaban J connectivity index is 1.30. The lowest BCUT2D eigenvalue weighted by molar-refractivity contribution is -0.244. The summed E-state index contributed by atoms with van der Waals surface area (Å²) in [6.07, 6.45) is 1.61. The number of hydrogen-bond acceptors (Lipinski definition) is 11. The molecule has 0 radical (unpaired) electrons. The lowest BCUT2D eigenvalue weighted by Crippen LogP contribution is -2.69. The van der Waals surface area contributed by atoms with Crippen molar-refractivity contribution in [2.75, 3.05) is 13.2 Å². The third kappa shape index (κ3) is 2.72. The molecule has 0 unspecified atom stereocenters. The fraction of sp³-hybridized carbons (Fsp3) is 0.686. The van der Waals surface area contributed by atoms with Crippen LogP contribution in [0.3, 0.4) is 0 Å². The molecule has 46 heavy (non-hydrogen) atoms. The van der Waals surface area contributed by atoms with E-state index in [9.17, 15) is 39.9 Å². The first-order valence-corrected chi connectivity index (χ1v) is 16.5. The van der Waals surface area contributed by atoms with Gasteiger partial charge in [-0.25, -0.2) is 14.4 Å². The lowest BCUT2D eigenvalue weighted by Gasteiger charge is -2.64. The normalized spacial score (nSPS) is 53.5. The number of rotatable bonds is 4. The lowest BCUT2D eigenvalue weighted by atomic mass is 9.42. The van der Waals surface area contributed by atoms with E-state index in [4.69, 9.17) is 14.2 Å². The molecule has 5 saturated carbocycles. The molecular formula is C35H40O11. The number of allylic oxidation sites excluding steroid dienone is 1. The smallest absolute Gasteiger partial charge is 0.337 e. The number of esters is 3. The minimum absolute atomic E-state index is 0.0183. The molecule has 0 aromatic carbocycles. The van der Waals surface area contributed by atoms with Crippen molar-refractivity contribution in [2.45, 2.75) is 89.0 Å². The van der Waals surface area contributed by atoms with Gasteiger partial charge < -0.3 is 39.7 Å². The largest absolute Gasteiger partial charge is 0.459 e. The second-order valence-electron chi connectivity index (χ2n) is 16.0. The van der Waals surface area contributed by atoms with Crippen molar-refractivity contribution in [3.63, 3.8) is 0 Å². The van der Waals surface area contributed by atoms with E-state index >= 15 is 0 Å². The second kappa shape index (κ2) is 8.06. The number of aliphatic hydroxyl groups is 5. The molecule has 246 valence electrons. The Bertz CT molecular complexity index is 1740. The van der Waals surface area contributed by atoms with Crippen LogP contribution in [0.1, 0.15) is 60.3 Å². The van der Waals surface area contributed by atoms with E-state index in [1.165, 1.54) is 6.92 Å². The van der Waals surface area contributed by atoms with Crippen LogP contribution < -0.4 is 0 Å². The SMILES string of the molecule is C/C=C(/C)C(=O)OC[C@]1(O)[C@H]2C[C@H]2[C@]2(C)[C@@H]3C[C@@]4(O)C5=C(C6=C(C)C(=O)O[C@]6(O)[C@H](O)[C@@]5(C)[C@@H]5C[C@@H]54)[C@@]34OC(=O)C(CO)=C4C[C@@H]12. The van der Waals surface area contributed by atoms with E-state index in [1.807, 2.05) is 0 Å². The second-order valence-corrected chi connectivity index (χ2v) is 16.0. The minimum atomic E-state index is -2.43. The number of carbonyl (C=O) groups is 3. The highest BCUT2D eigenvalue weighted by molar-refractivity contribution is 5.98. The fourth-order valence-electron chi connectivity index (χ4n) is 12.4. The van der Waals surface area contributed by atoms with Gasteiger partial charge in [-0.2, -0.15) is 0 Å². The molecule has 2 heterocycles. The molecular weight excluding hydrogens is 596 g/mol. The molecule has 9 aliphatic rings. The zero-order valence-electron chi connectivity index (χ0n) is 26.5. The van der Waals surface area contributed by atoms with Gasteiger partial charge in [0.15, 0.2) is 5.60 Å². The predicted molar refractivity (Wildman–Crippen MR) is 156 cm³/mol. The van der Waals surface area contributed by atoms with Crippen LogP contribution in [-0.4, -0.2) is 85.3 Å². The van der Waals surface area contributed by atoms with Crippen LogP contribution in [-0.2, 0) is 28.6 Å². The van der Waals surface area contributed by atoms with Gasteiger partial charge in [-0.15, -0.1) is 0 Å². The molecule has 9 rings (SSSR count). The number of fused-ring (bicyclic) bond motifs is 9. The van der Waals surface area contributed by atoms with Gasteiger partial charge in [0.2, 0.25) is 0 Å². The van der Waals surface area contributed by atoms with E-state index in [1.54, 1.807) is 26.8 Å². The molecule has 5 N–H and O–H groups in total. The zero-order valence-corrected chi connectivity index (χ0v) is 26.5. The van der Waals surface area contributed by atoms with Gasteiger partial charge in [-0.3, -0.25) is 0 Å². The Labute approximate surface area is 265 Å². The quantitative estimate of drug-likeness (QED) is 0.170. The maximum atomic E-state index is 13.8. The summed E-state index contributed by atoms with van der Waals surface area (Å²) < 4.78 is 17.8. The molecule has 11 heteroatoms. The first kappa shape index (κ1) is 29.3. The summed E-state index contributed by atoms with van der Waals surface area (Å²) in [4.78, 5) is 39.7. The van der Waals surface area contributed by atoms with Crippen molar-refractivity contribution in [3.8, 4) is 0 Å². The third-order valence-corrected chi connectivity index (χ3v) is 14.7. The van der Waals surface area contributed by atoms with Crippen molar-refractivity contribution in [1.82, 2.24) is 0 Å². The van der Waals surface area contributed by atoms with Crippen LogP contribution in [0.5, 0.6) is 0 Å². The van der Waals surface area contributed by atoms with Crippen LogP contribution in [0.2, 0.25) is 0 Å². The van der Waals surface area contributed by atoms with Crippen molar-refractivity contribution >= 4 is 17.9 Å². The van der Waals surface area contributed by atoms with Crippen LogP contribution >= 0.6 is 0 Å². The van der Waals surface area contributed by atoms with Crippen molar-refractivity contribution in [2.24, 2.45) is 46.3 Å². The Morgan fingerprint density at radius 1 is 1.00 bits per heavy atom. The molecule has 5 fully saturated rings. The van der Waals surface area contributed by atoms with E-state index in [2.05, 4.69) is 6.92 Å². The third-order valence-electron chi connectivity index (χ3n) is 14.7. The van der Waals surface area contributed by atoms with Crippen LogP contribution in [0.15, 0.2) is 45.1 Å². The minimum Gasteiger partial charge on any atom is -0.459 e. The molecule has 1 spiro atoms. The maximum absolute atomic E-state index is 13.8. The molecule has 0 aromatic heterocycles. The summed E-state index contributed by atoms with van der Waals surface area (Å²) in [5, 5.41) is 60.1. The van der Waals surface area contributed by atoms with E-state index in [-0.39, 0.29) is 59.8 Å². The molecule has 0 bridgehead atoms. The molecule has 7 aliphatic carbocycles. The number of hydrogen-bond donors (Lipinski definition) is 5. The van der Waals surface area contributed by atoms with Gasteiger partial charge in [0, 0.05) is 39.5 Å². The summed E-state index contributed by atoms with van der Waals surface area (Å²) in [5.74, 6) is -6.38.